The summed E-state index contributed by atoms with van der Waals surface area (Å²) in [6.07, 6.45) is 3.44. The highest BCUT2D eigenvalue weighted by atomic mass is 35.5. The van der Waals surface area contributed by atoms with Gasteiger partial charge in [0.05, 0.1) is 11.4 Å². The van der Waals surface area contributed by atoms with Crippen molar-refractivity contribution in [2.75, 3.05) is 6.61 Å². The molecular weight excluding hydrogens is 486 g/mol. The van der Waals surface area contributed by atoms with Crippen molar-refractivity contribution in [2.24, 2.45) is 5.92 Å². The van der Waals surface area contributed by atoms with E-state index in [1.165, 1.54) is 6.33 Å². The number of hydrogen-bond donors (Lipinski definition) is 0. The molecule has 2 aliphatic rings. The molecule has 2 aromatic heterocycles. The van der Waals surface area contributed by atoms with Crippen LogP contribution in [0.25, 0.3) is 11.0 Å². The molecule has 1 saturated carbocycles. The fourth-order valence-electron chi connectivity index (χ4n) is 5.85. The van der Waals surface area contributed by atoms with Crippen molar-refractivity contribution in [1.29, 1.82) is 0 Å². The molecule has 1 aliphatic heterocycles. The molecule has 4 rings (SSSR count). The Morgan fingerprint density at radius 1 is 1.00 bits per heavy atom. The second-order valence-corrected chi connectivity index (χ2v) is 20.3. The van der Waals surface area contributed by atoms with Gasteiger partial charge in [0.2, 0.25) is 0 Å². The van der Waals surface area contributed by atoms with Crippen LogP contribution < -0.4 is 0 Å². The summed E-state index contributed by atoms with van der Waals surface area (Å²) >= 11 is 6.28. The van der Waals surface area contributed by atoms with Crippen molar-refractivity contribution >= 4 is 45.5 Å². The number of hydrogen-bond acceptors (Lipinski definition) is 6. The van der Waals surface area contributed by atoms with Crippen LogP contribution in [0, 0.1) is 5.92 Å². The molecule has 0 N–H and O–H groups in total. The molecule has 2 aromatic rings. The van der Waals surface area contributed by atoms with Crippen LogP contribution in [0.5, 0.6) is 0 Å². The molecule has 0 radical (unpaired) electrons. The molecule has 1 aliphatic carbocycles. The lowest BCUT2D eigenvalue weighted by atomic mass is 10.1. The lowest BCUT2D eigenvalue weighted by Gasteiger charge is -2.51. The largest absolute Gasteiger partial charge is 0.414 e. The molecule has 0 aromatic carbocycles. The van der Waals surface area contributed by atoms with Crippen molar-refractivity contribution in [1.82, 2.24) is 14.5 Å². The standard InChI is InChI=1S/C24H38ClN3O4Si2/c1-14(2)33(15(3)4)30-12-18-11-20(28-10-9-19-23(25)26-13-27-24(19)28)21(29)22(18)31-34(32-33,16(5)6)17(7)8/h9-10,13-18,20,22H,11-12H2,1-8H3/t18-,20-,22-/m1/s1. The molecule has 0 spiro atoms. The fraction of sp³-hybridized carbons (Fsp3) is 0.708. The minimum Gasteiger partial charge on any atom is -0.414 e. The minimum absolute atomic E-state index is 0.0232. The molecule has 188 valence electrons. The number of fused-ring (bicyclic) bond motifs is 2. The third-order valence-electron chi connectivity index (χ3n) is 7.73. The molecule has 10 heteroatoms. The molecule has 0 unspecified atom stereocenters. The van der Waals surface area contributed by atoms with Crippen LogP contribution in [0.2, 0.25) is 27.3 Å². The Labute approximate surface area is 210 Å². The van der Waals surface area contributed by atoms with Gasteiger partial charge < -0.3 is 17.5 Å². The zero-order chi connectivity index (χ0) is 25.0. The van der Waals surface area contributed by atoms with Gasteiger partial charge in [0.15, 0.2) is 5.78 Å². The van der Waals surface area contributed by atoms with Gasteiger partial charge in [-0.3, -0.25) is 4.79 Å². The first-order valence-electron chi connectivity index (χ1n) is 12.5. The first-order valence-corrected chi connectivity index (χ1v) is 16.8. The normalized spacial score (nSPS) is 27.1. The SMILES string of the molecule is CC(C)[Si]1(C(C)C)OC[C@H]2C[C@@H](n3ccc4c(Cl)ncnc43)C(=O)[C@@H]2O[Si](C(C)C)(C(C)C)O1. The second-order valence-electron chi connectivity index (χ2n) is 11.1. The van der Waals surface area contributed by atoms with Gasteiger partial charge >= 0.3 is 17.1 Å². The Hall–Kier alpha value is -1.11. The van der Waals surface area contributed by atoms with E-state index in [-0.39, 0.29) is 39.9 Å². The van der Waals surface area contributed by atoms with Gasteiger partial charge in [-0.25, -0.2) is 9.97 Å². The molecule has 2 fully saturated rings. The summed E-state index contributed by atoms with van der Waals surface area (Å²) < 4.78 is 23.0. The Kier molecular flexibility index (Phi) is 7.18. The highest BCUT2D eigenvalue weighted by Gasteiger charge is 2.61. The lowest BCUT2D eigenvalue weighted by Crippen LogP contribution is -2.64. The molecule has 1 saturated heterocycles. The first-order chi connectivity index (χ1) is 15.9. The van der Waals surface area contributed by atoms with Gasteiger partial charge in [-0.05, 0) is 34.7 Å². The van der Waals surface area contributed by atoms with Gasteiger partial charge in [-0.1, -0.05) is 67.0 Å². The van der Waals surface area contributed by atoms with Gasteiger partial charge in [-0.15, -0.1) is 0 Å². The zero-order valence-corrected chi connectivity index (χ0v) is 24.3. The summed E-state index contributed by atoms with van der Waals surface area (Å²) in [7, 11) is -5.45. The van der Waals surface area contributed by atoms with E-state index in [2.05, 4.69) is 65.4 Å². The molecule has 0 amide bonds. The number of nitrogens with zero attached hydrogens (tertiary/aromatic N) is 3. The Balaban J connectivity index is 1.78. The van der Waals surface area contributed by atoms with E-state index in [1.54, 1.807) is 0 Å². The number of Topliss-reactive ketones (excluding diaryl/α,β-unsaturated/α-hetero) is 1. The van der Waals surface area contributed by atoms with E-state index in [9.17, 15) is 4.79 Å². The van der Waals surface area contributed by atoms with Crippen LogP contribution in [-0.4, -0.2) is 50.2 Å². The Morgan fingerprint density at radius 3 is 2.21 bits per heavy atom. The summed E-state index contributed by atoms with van der Waals surface area (Å²) in [5, 5.41) is 1.14. The van der Waals surface area contributed by atoms with E-state index < -0.39 is 23.2 Å². The van der Waals surface area contributed by atoms with E-state index in [1.807, 2.05) is 16.8 Å². The number of halogens is 1. The van der Waals surface area contributed by atoms with Crippen molar-refractivity contribution in [3.63, 3.8) is 0 Å². The van der Waals surface area contributed by atoms with Crippen LogP contribution in [0.15, 0.2) is 18.6 Å². The minimum atomic E-state index is -2.83. The maximum Gasteiger partial charge on any atom is 0.335 e. The van der Waals surface area contributed by atoms with Gasteiger partial charge in [0, 0.05) is 18.7 Å². The maximum absolute atomic E-state index is 13.9. The lowest BCUT2D eigenvalue weighted by molar-refractivity contribution is -0.128. The first kappa shape index (κ1) is 26.0. The fourth-order valence-corrected chi connectivity index (χ4v) is 17.3. The molecular formula is C24H38ClN3O4Si2. The van der Waals surface area contributed by atoms with Crippen LogP contribution in [-0.2, 0) is 17.8 Å². The third-order valence-corrected chi connectivity index (χ3v) is 18.3. The van der Waals surface area contributed by atoms with Gasteiger partial charge in [0.25, 0.3) is 0 Å². The van der Waals surface area contributed by atoms with E-state index in [0.717, 1.165) is 5.39 Å². The van der Waals surface area contributed by atoms with Crippen molar-refractivity contribution < 1.29 is 17.8 Å². The topological polar surface area (TPSA) is 75.5 Å². The molecule has 3 atom stereocenters. The molecule has 0 bridgehead atoms. The number of carbonyl (C=O) groups is 1. The number of aromatic nitrogens is 3. The van der Waals surface area contributed by atoms with Gasteiger partial charge in [0.1, 0.15) is 23.2 Å². The predicted octanol–water partition coefficient (Wildman–Crippen LogP) is 6.17. The van der Waals surface area contributed by atoms with Gasteiger partial charge in [-0.2, -0.15) is 0 Å². The highest BCUT2D eigenvalue weighted by Crippen LogP contribution is 2.49. The summed E-state index contributed by atoms with van der Waals surface area (Å²) in [6, 6.07) is 1.50. The average Bonchev–Trinajstić information content (AvgIpc) is 3.29. The molecule has 7 nitrogen and oxygen atoms in total. The third kappa shape index (κ3) is 4.02. The summed E-state index contributed by atoms with van der Waals surface area (Å²) in [5.74, 6) is 0.0516. The Morgan fingerprint density at radius 2 is 1.62 bits per heavy atom. The summed E-state index contributed by atoms with van der Waals surface area (Å²) in [4.78, 5) is 22.4. The molecule has 3 heterocycles. The van der Waals surface area contributed by atoms with Crippen LogP contribution in [0.1, 0.15) is 67.9 Å². The van der Waals surface area contributed by atoms with E-state index >= 15 is 0 Å². The number of rotatable bonds is 5. The van der Waals surface area contributed by atoms with Crippen molar-refractivity contribution in [3.8, 4) is 0 Å². The zero-order valence-electron chi connectivity index (χ0n) is 21.5. The quantitative estimate of drug-likeness (QED) is 0.344. The molecule has 34 heavy (non-hydrogen) atoms. The van der Waals surface area contributed by atoms with E-state index in [0.29, 0.717) is 23.8 Å². The average molecular weight is 524 g/mol. The van der Waals surface area contributed by atoms with Crippen LogP contribution in [0.3, 0.4) is 0 Å². The maximum atomic E-state index is 13.9. The van der Waals surface area contributed by atoms with Crippen LogP contribution in [0.4, 0.5) is 0 Å². The monoisotopic (exact) mass is 523 g/mol. The smallest absolute Gasteiger partial charge is 0.335 e. The van der Waals surface area contributed by atoms with Crippen molar-refractivity contribution in [2.45, 2.75) is 96.1 Å². The summed E-state index contributed by atoms with van der Waals surface area (Å²) in [6.45, 7) is 18.0. The highest BCUT2D eigenvalue weighted by molar-refractivity contribution is 6.84. The summed E-state index contributed by atoms with van der Waals surface area (Å²) in [5.41, 5.74) is 1.60. The predicted molar refractivity (Wildman–Crippen MR) is 138 cm³/mol. The van der Waals surface area contributed by atoms with Crippen LogP contribution >= 0.6 is 11.6 Å². The second kappa shape index (κ2) is 9.40. The van der Waals surface area contributed by atoms with E-state index in [4.69, 9.17) is 24.6 Å². The Bertz CT molecular complexity index is 1040. The van der Waals surface area contributed by atoms with Crippen molar-refractivity contribution in [3.05, 3.63) is 23.7 Å². The number of ketones is 1. The number of carbonyl (C=O) groups excluding carboxylic acids is 1.